The van der Waals surface area contributed by atoms with Gasteiger partial charge in [0, 0.05) is 31.9 Å². The van der Waals surface area contributed by atoms with Crippen molar-refractivity contribution in [3.63, 3.8) is 0 Å². The van der Waals surface area contributed by atoms with Gasteiger partial charge in [-0.15, -0.1) is 0 Å². The highest BCUT2D eigenvalue weighted by Gasteiger charge is 2.35. The van der Waals surface area contributed by atoms with Gasteiger partial charge in [-0.2, -0.15) is 5.10 Å². The van der Waals surface area contributed by atoms with Crippen molar-refractivity contribution in [2.75, 3.05) is 19.6 Å². The predicted molar refractivity (Wildman–Crippen MR) is 89.1 cm³/mol. The summed E-state index contributed by atoms with van der Waals surface area (Å²) >= 11 is 0. The largest absolute Gasteiger partial charge is 0.368 e. The van der Waals surface area contributed by atoms with Crippen molar-refractivity contribution in [1.29, 1.82) is 0 Å². The zero-order chi connectivity index (χ0) is 17.1. The maximum absolute atomic E-state index is 12.7. The van der Waals surface area contributed by atoms with Crippen LogP contribution in [0.1, 0.15) is 21.6 Å². The Morgan fingerprint density at radius 2 is 2.04 bits per heavy atom. The van der Waals surface area contributed by atoms with Crippen LogP contribution in [0.25, 0.3) is 0 Å². The minimum absolute atomic E-state index is 0.204. The minimum atomic E-state index is -0.635. The summed E-state index contributed by atoms with van der Waals surface area (Å²) in [7, 11) is 0. The molecule has 0 spiro atoms. The van der Waals surface area contributed by atoms with E-state index in [0.717, 1.165) is 6.54 Å². The van der Waals surface area contributed by atoms with Gasteiger partial charge in [-0.05, 0) is 12.5 Å². The number of nitrogens with two attached hydrogens (primary N) is 1. The maximum atomic E-state index is 12.7. The number of carbonyl (C=O) groups is 2. The Labute approximate surface area is 140 Å². The normalized spacial score (nSPS) is 18.5. The number of hydrogen-bond donors (Lipinski definition) is 2. The number of nitrogens with zero attached hydrogens (tertiary/aromatic N) is 3. The molecule has 0 bridgehead atoms. The summed E-state index contributed by atoms with van der Waals surface area (Å²) in [5.74, 6) is -0.688. The van der Waals surface area contributed by atoms with E-state index in [1.807, 2.05) is 30.3 Å². The lowest BCUT2D eigenvalue weighted by Crippen LogP contribution is -2.59. The average Bonchev–Trinajstić information content (AvgIpc) is 3.01. The summed E-state index contributed by atoms with van der Waals surface area (Å²) in [4.78, 5) is 28.3. The molecule has 1 saturated heterocycles. The van der Waals surface area contributed by atoms with Gasteiger partial charge in [0.1, 0.15) is 6.04 Å². The Morgan fingerprint density at radius 3 is 2.67 bits per heavy atom. The van der Waals surface area contributed by atoms with Gasteiger partial charge in [0.25, 0.3) is 5.91 Å². The molecule has 126 valence electrons. The molecule has 1 unspecified atom stereocenters. The standard InChI is InChI=1S/C17H21N5O2/c1-12-14(9-19-20-12)17(24)22-8-7-21(11-15(22)16(18)23)10-13-5-3-2-4-6-13/h2-6,9,15H,7-8,10-11H2,1H3,(H2,18,23)(H,19,20). The Balaban J connectivity index is 1.73. The number of carbonyl (C=O) groups excluding carboxylic acids is 2. The molecule has 7 nitrogen and oxygen atoms in total. The molecule has 1 atom stereocenters. The number of rotatable bonds is 4. The van der Waals surface area contributed by atoms with Gasteiger partial charge >= 0.3 is 0 Å². The Kier molecular flexibility index (Phi) is 4.61. The summed E-state index contributed by atoms with van der Waals surface area (Å²) in [6.45, 7) is 4.11. The molecule has 2 aromatic rings. The van der Waals surface area contributed by atoms with Crippen molar-refractivity contribution in [3.8, 4) is 0 Å². The fourth-order valence-electron chi connectivity index (χ4n) is 3.03. The van der Waals surface area contributed by atoms with E-state index in [1.165, 1.54) is 11.8 Å². The Hall–Kier alpha value is -2.67. The first-order valence-electron chi connectivity index (χ1n) is 7.93. The number of aromatic amines is 1. The van der Waals surface area contributed by atoms with Crippen LogP contribution in [0.4, 0.5) is 0 Å². The number of nitrogens with one attached hydrogen (secondary N) is 1. The molecule has 1 aromatic heterocycles. The van der Waals surface area contributed by atoms with Crippen LogP contribution < -0.4 is 5.73 Å². The third kappa shape index (κ3) is 3.30. The SMILES string of the molecule is Cc1[nH]ncc1C(=O)N1CCN(Cc2ccccc2)CC1C(N)=O. The molecule has 3 N–H and O–H groups in total. The first kappa shape index (κ1) is 16.2. The van der Waals surface area contributed by atoms with Crippen LogP contribution in [0.5, 0.6) is 0 Å². The number of amides is 2. The molecule has 1 aromatic carbocycles. The van der Waals surface area contributed by atoms with Crippen LogP contribution in [-0.4, -0.2) is 57.5 Å². The quantitative estimate of drug-likeness (QED) is 0.856. The van der Waals surface area contributed by atoms with Gasteiger partial charge in [0.15, 0.2) is 0 Å². The first-order valence-corrected chi connectivity index (χ1v) is 7.93. The van der Waals surface area contributed by atoms with Crippen LogP contribution in [0.3, 0.4) is 0 Å². The number of hydrogen-bond acceptors (Lipinski definition) is 4. The molecule has 1 fully saturated rings. The number of aromatic nitrogens is 2. The Bertz CT molecular complexity index is 728. The van der Waals surface area contributed by atoms with Gasteiger partial charge in [0.2, 0.25) is 5.91 Å². The predicted octanol–water partition coefficient (Wildman–Crippen LogP) is 0.530. The molecule has 2 heterocycles. The summed E-state index contributed by atoms with van der Waals surface area (Å²) in [5.41, 5.74) is 7.91. The van der Waals surface area contributed by atoms with Gasteiger partial charge in [-0.3, -0.25) is 19.6 Å². The molecular formula is C17H21N5O2. The summed E-state index contributed by atoms with van der Waals surface area (Å²) in [5, 5.41) is 6.63. The molecule has 0 aliphatic carbocycles. The minimum Gasteiger partial charge on any atom is -0.368 e. The highest BCUT2D eigenvalue weighted by molar-refractivity contribution is 5.98. The van der Waals surface area contributed by atoms with E-state index in [9.17, 15) is 9.59 Å². The van der Waals surface area contributed by atoms with Crippen LogP contribution >= 0.6 is 0 Å². The monoisotopic (exact) mass is 327 g/mol. The number of piperazine rings is 1. The van der Waals surface area contributed by atoms with Crippen molar-refractivity contribution in [2.24, 2.45) is 5.73 Å². The Morgan fingerprint density at radius 1 is 1.29 bits per heavy atom. The van der Waals surface area contributed by atoms with Crippen LogP contribution in [0.15, 0.2) is 36.5 Å². The summed E-state index contributed by atoms with van der Waals surface area (Å²) in [6.07, 6.45) is 1.49. The maximum Gasteiger partial charge on any atom is 0.258 e. The van der Waals surface area contributed by atoms with Crippen molar-refractivity contribution < 1.29 is 9.59 Å². The molecule has 7 heteroatoms. The molecule has 24 heavy (non-hydrogen) atoms. The second kappa shape index (κ2) is 6.84. The number of aryl methyl sites for hydroxylation is 1. The van der Waals surface area contributed by atoms with E-state index in [1.54, 1.807) is 11.8 Å². The van der Waals surface area contributed by atoms with E-state index >= 15 is 0 Å². The fourth-order valence-corrected chi connectivity index (χ4v) is 3.03. The highest BCUT2D eigenvalue weighted by atomic mass is 16.2. The lowest BCUT2D eigenvalue weighted by Gasteiger charge is -2.39. The second-order valence-electron chi connectivity index (χ2n) is 6.05. The van der Waals surface area contributed by atoms with Crippen LogP contribution in [0.2, 0.25) is 0 Å². The zero-order valence-corrected chi connectivity index (χ0v) is 13.6. The van der Waals surface area contributed by atoms with E-state index in [-0.39, 0.29) is 5.91 Å². The highest BCUT2D eigenvalue weighted by Crippen LogP contribution is 2.17. The van der Waals surface area contributed by atoms with Crippen LogP contribution in [-0.2, 0) is 11.3 Å². The number of benzene rings is 1. The molecule has 3 rings (SSSR count). The van der Waals surface area contributed by atoms with Crippen molar-refractivity contribution in [1.82, 2.24) is 20.0 Å². The summed E-state index contributed by atoms with van der Waals surface area (Å²) < 4.78 is 0. The topological polar surface area (TPSA) is 95.3 Å². The second-order valence-corrected chi connectivity index (χ2v) is 6.05. The van der Waals surface area contributed by atoms with Crippen molar-refractivity contribution in [3.05, 3.63) is 53.3 Å². The van der Waals surface area contributed by atoms with Gasteiger partial charge in [0.05, 0.1) is 11.8 Å². The third-order valence-electron chi connectivity index (χ3n) is 4.36. The third-order valence-corrected chi connectivity index (χ3v) is 4.36. The molecular weight excluding hydrogens is 306 g/mol. The lowest BCUT2D eigenvalue weighted by atomic mass is 10.1. The van der Waals surface area contributed by atoms with Crippen molar-refractivity contribution >= 4 is 11.8 Å². The smallest absolute Gasteiger partial charge is 0.258 e. The van der Waals surface area contributed by atoms with Crippen LogP contribution in [0, 0.1) is 6.92 Å². The lowest BCUT2D eigenvalue weighted by molar-refractivity contribution is -0.124. The molecule has 2 amide bonds. The first-order chi connectivity index (χ1) is 11.6. The number of H-pyrrole nitrogens is 1. The van der Waals surface area contributed by atoms with Crippen molar-refractivity contribution in [2.45, 2.75) is 19.5 Å². The van der Waals surface area contributed by atoms with Gasteiger partial charge in [-0.25, -0.2) is 0 Å². The fraction of sp³-hybridized carbons (Fsp3) is 0.353. The average molecular weight is 327 g/mol. The molecule has 1 aliphatic heterocycles. The molecule has 1 aliphatic rings. The van der Waals surface area contributed by atoms with E-state index < -0.39 is 11.9 Å². The zero-order valence-electron chi connectivity index (χ0n) is 13.6. The molecule has 0 radical (unpaired) electrons. The van der Waals surface area contributed by atoms with Gasteiger partial charge in [-0.1, -0.05) is 30.3 Å². The number of primary amides is 1. The summed E-state index contributed by atoms with van der Waals surface area (Å²) in [6, 6.07) is 9.41. The van der Waals surface area contributed by atoms with E-state index in [4.69, 9.17) is 5.73 Å². The van der Waals surface area contributed by atoms with E-state index in [0.29, 0.717) is 30.9 Å². The van der Waals surface area contributed by atoms with E-state index in [2.05, 4.69) is 15.1 Å². The van der Waals surface area contributed by atoms with Gasteiger partial charge < -0.3 is 10.6 Å². The molecule has 0 saturated carbocycles.